The first-order valence-electron chi connectivity index (χ1n) is 5.17. The van der Waals surface area contributed by atoms with Crippen molar-refractivity contribution in [2.45, 2.75) is 6.92 Å². The Bertz CT molecular complexity index is 476. The zero-order chi connectivity index (χ0) is 13.7. The third kappa shape index (κ3) is 3.34. The summed E-state index contributed by atoms with van der Waals surface area (Å²) in [6.07, 6.45) is 0. The summed E-state index contributed by atoms with van der Waals surface area (Å²) in [4.78, 5) is 21.7. The summed E-state index contributed by atoms with van der Waals surface area (Å²) in [6.45, 7) is 1.72. The number of hydrogen-bond acceptors (Lipinski definition) is 5. The first kappa shape index (κ1) is 13.8. The van der Waals surface area contributed by atoms with Crippen molar-refractivity contribution in [1.29, 1.82) is 0 Å². The van der Waals surface area contributed by atoms with Crippen molar-refractivity contribution in [3.8, 4) is 0 Å². The second-order valence-electron chi connectivity index (χ2n) is 3.38. The number of benzene rings is 1. The normalized spacial score (nSPS) is 9.89. The van der Waals surface area contributed by atoms with Crippen LogP contribution in [0.2, 0.25) is 0 Å². The number of carboxylic acids is 1. The van der Waals surface area contributed by atoms with Gasteiger partial charge in [-0.1, -0.05) is 0 Å². The maximum atomic E-state index is 13.4. The van der Waals surface area contributed by atoms with Crippen molar-refractivity contribution in [3.63, 3.8) is 0 Å². The topological polar surface area (TPSA) is 102 Å². The van der Waals surface area contributed by atoms with Gasteiger partial charge in [0.15, 0.2) is 0 Å². The van der Waals surface area contributed by atoms with E-state index in [1.54, 1.807) is 6.92 Å². The number of aromatic carboxylic acids is 1. The lowest BCUT2D eigenvalue weighted by Crippen LogP contribution is -2.17. The van der Waals surface area contributed by atoms with Gasteiger partial charge in [0.05, 0.1) is 23.5 Å². The molecule has 0 aliphatic rings. The smallest absolute Gasteiger partial charge is 0.338 e. The van der Waals surface area contributed by atoms with Gasteiger partial charge in [-0.25, -0.2) is 9.18 Å². The van der Waals surface area contributed by atoms with Crippen molar-refractivity contribution in [2.75, 3.05) is 24.2 Å². The molecule has 0 aliphatic carbocycles. The Hall–Kier alpha value is -2.31. The Kier molecular flexibility index (Phi) is 4.47. The molecule has 0 aliphatic heterocycles. The van der Waals surface area contributed by atoms with Gasteiger partial charge in [0.25, 0.3) is 0 Å². The lowest BCUT2D eigenvalue weighted by Gasteiger charge is -2.10. The molecule has 0 saturated heterocycles. The molecule has 0 atom stereocenters. The average molecular weight is 256 g/mol. The largest absolute Gasteiger partial charge is 0.478 e. The molecule has 0 saturated carbocycles. The molecule has 0 spiro atoms. The van der Waals surface area contributed by atoms with Gasteiger partial charge in [0, 0.05) is 0 Å². The summed E-state index contributed by atoms with van der Waals surface area (Å²) in [5.74, 6) is -2.85. The summed E-state index contributed by atoms with van der Waals surface area (Å²) in [5, 5.41) is 11.3. The quantitative estimate of drug-likeness (QED) is 0.538. The van der Waals surface area contributed by atoms with Crippen molar-refractivity contribution in [1.82, 2.24) is 0 Å². The fourth-order valence-electron chi connectivity index (χ4n) is 1.29. The molecule has 0 aromatic heterocycles. The van der Waals surface area contributed by atoms with Crippen molar-refractivity contribution in [3.05, 3.63) is 23.5 Å². The van der Waals surface area contributed by atoms with Crippen molar-refractivity contribution >= 4 is 23.3 Å². The Morgan fingerprint density at radius 2 is 2.17 bits per heavy atom. The van der Waals surface area contributed by atoms with Crippen LogP contribution < -0.4 is 11.1 Å². The molecule has 6 nitrogen and oxygen atoms in total. The summed E-state index contributed by atoms with van der Waals surface area (Å²) in [5.41, 5.74) is 5.21. The van der Waals surface area contributed by atoms with Crippen LogP contribution in [-0.4, -0.2) is 30.2 Å². The van der Waals surface area contributed by atoms with Crippen LogP contribution in [0, 0.1) is 5.82 Å². The van der Waals surface area contributed by atoms with Crippen LogP contribution in [0.3, 0.4) is 0 Å². The molecule has 0 bridgehead atoms. The molecule has 1 aromatic rings. The number of nitrogens with one attached hydrogen (secondary N) is 1. The zero-order valence-electron chi connectivity index (χ0n) is 9.70. The SMILES string of the molecule is CCOC(=O)CNc1cc(F)c(C(=O)O)cc1N. The van der Waals surface area contributed by atoms with Crippen LogP contribution in [0.5, 0.6) is 0 Å². The minimum absolute atomic E-state index is 0.0399. The Morgan fingerprint density at radius 1 is 1.50 bits per heavy atom. The van der Waals surface area contributed by atoms with Gasteiger partial charge in [-0.05, 0) is 19.1 Å². The average Bonchev–Trinajstić information content (AvgIpc) is 2.29. The van der Waals surface area contributed by atoms with Gasteiger partial charge in [-0.2, -0.15) is 0 Å². The van der Waals surface area contributed by atoms with E-state index in [4.69, 9.17) is 10.8 Å². The lowest BCUT2D eigenvalue weighted by atomic mass is 10.1. The fraction of sp³-hybridized carbons (Fsp3) is 0.273. The van der Waals surface area contributed by atoms with Gasteiger partial charge in [0.2, 0.25) is 0 Å². The van der Waals surface area contributed by atoms with Gasteiger partial charge in [-0.15, -0.1) is 0 Å². The van der Waals surface area contributed by atoms with E-state index in [-0.39, 0.29) is 24.5 Å². The zero-order valence-corrected chi connectivity index (χ0v) is 9.70. The molecule has 0 heterocycles. The fourth-order valence-corrected chi connectivity index (χ4v) is 1.29. The molecule has 0 amide bonds. The number of halogens is 1. The van der Waals surface area contributed by atoms with Crippen LogP contribution >= 0.6 is 0 Å². The minimum atomic E-state index is -1.41. The number of ether oxygens (including phenoxy) is 1. The standard InChI is InChI=1S/C11H13FN2O4/c1-2-18-10(15)5-14-9-4-7(12)6(11(16)17)3-8(9)13/h3-4,14H,2,5,13H2,1H3,(H,16,17). The highest BCUT2D eigenvalue weighted by atomic mass is 19.1. The maximum absolute atomic E-state index is 13.4. The molecular formula is C11H13FN2O4. The molecule has 98 valence electrons. The third-order valence-corrected chi connectivity index (χ3v) is 2.10. The van der Waals surface area contributed by atoms with Crippen molar-refractivity contribution < 1.29 is 23.8 Å². The van der Waals surface area contributed by atoms with Crippen LogP contribution in [-0.2, 0) is 9.53 Å². The number of nitrogen functional groups attached to an aromatic ring is 1. The highest BCUT2D eigenvalue weighted by Crippen LogP contribution is 2.22. The predicted molar refractivity (Wildman–Crippen MR) is 62.9 cm³/mol. The molecule has 1 rings (SSSR count). The van der Waals surface area contributed by atoms with Crippen LogP contribution in [0.15, 0.2) is 12.1 Å². The molecule has 4 N–H and O–H groups in total. The van der Waals surface area contributed by atoms with Gasteiger partial charge < -0.3 is 20.9 Å². The Morgan fingerprint density at radius 3 is 2.72 bits per heavy atom. The van der Waals surface area contributed by atoms with E-state index in [2.05, 4.69) is 10.1 Å². The van der Waals surface area contributed by atoms with E-state index in [0.717, 1.165) is 12.1 Å². The second-order valence-corrected chi connectivity index (χ2v) is 3.38. The summed E-state index contributed by atoms with van der Waals surface area (Å²) < 4.78 is 18.0. The van der Waals surface area contributed by atoms with Gasteiger partial charge >= 0.3 is 11.9 Å². The molecule has 7 heteroatoms. The summed E-state index contributed by atoms with van der Waals surface area (Å²) >= 11 is 0. The van der Waals surface area contributed by atoms with E-state index >= 15 is 0 Å². The maximum Gasteiger partial charge on any atom is 0.338 e. The number of carboxylic acid groups (broad SMARTS) is 1. The molecule has 0 unspecified atom stereocenters. The Balaban J connectivity index is 2.82. The highest BCUT2D eigenvalue weighted by Gasteiger charge is 2.14. The van der Waals surface area contributed by atoms with E-state index < -0.39 is 23.3 Å². The molecule has 0 radical (unpaired) electrons. The predicted octanol–water partition coefficient (Wildman–Crippen LogP) is 1.08. The third-order valence-electron chi connectivity index (χ3n) is 2.10. The van der Waals surface area contributed by atoms with Crippen LogP contribution in [0.25, 0.3) is 0 Å². The molecule has 1 aromatic carbocycles. The first-order valence-corrected chi connectivity index (χ1v) is 5.17. The van der Waals surface area contributed by atoms with Crippen LogP contribution in [0.1, 0.15) is 17.3 Å². The number of carbonyl (C=O) groups is 2. The second kappa shape index (κ2) is 5.85. The number of carbonyl (C=O) groups excluding carboxylic acids is 1. The van der Waals surface area contributed by atoms with Gasteiger partial charge in [0.1, 0.15) is 12.4 Å². The van der Waals surface area contributed by atoms with E-state index in [0.29, 0.717) is 0 Å². The monoisotopic (exact) mass is 256 g/mol. The lowest BCUT2D eigenvalue weighted by molar-refractivity contribution is -0.140. The Labute approximate surface area is 103 Å². The van der Waals surface area contributed by atoms with E-state index in [9.17, 15) is 14.0 Å². The number of rotatable bonds is 5. The van der Waals surface area contributed by atoms with E-state index in [1.165, 1.54) is 0 Å². The summed E-state index contributed by atoms with van der Waals surface area (Å²) in [7, 11) is 0. The first-order chi connectivity index (χ1) is 8.45. The minimum Gasteiger partial charge on any atom is -0.478 e. The molecule has 18 heavy (non-hydrogen) atoms. The number of hydrogen-bond donors (Lipinski definition) is 3. The van der Waals surface area contributed by atoms with E-state index in [1.807, 2.05) is 0 Å². The van der Waals surface area contributed by atoms with Gasteiger partial charge in [-0.3, -0.25) is 4.79 Å². The molecular weight excluding hydrogens is 243 g/mol. The molecule has 0 fully saturated rings. The number of anilines is 2. The number of esters is 1. The highest BCUT2D eigenvalue weighted by molar-refractivity contribution is 5.91. The number of nitrogens with two attached hydrogens (primary N) is 1. The van der Waals surface area contributed by atoms with Crippen molar-refractivity contribution in [2.24, 2.45) is 0 Å². The summed E-state index contributed by atoms with van der Waals surface area (Å²) in [6, 6.07) is 1.92. The van der Waals surface area contributed by atoms with Crippen LogP contribution in [0.4, 0.5) is 15.8 Å².